The summed E-state index contributed by atoms with van der Waals surface area (Å²) in [6.45, 7) is 13.4. The molecule has 0 fully saturated rings. The van der Waals surface area contributed by atoms with Gasteiger partial charge in [0.2, 0.25) is 0 Å². The lowest BCUT2D eigenvalue weighted by Gasteiger charge is -2.31. The van der Waals surface area contributed by atoms with Crippen molar-refractivity contribution in [3.63, 3.8) is 0 Å². The average molecular weight is 327 g/mol. The molecule has 1 nitrogen and oxygen atoms in total. The second-order valence-electron chi connectivity index (χ2n) is 8.57. The summed E-state index contributed by atoms with van der Waals surface area (Å²) in [6.07, 6.45) is 0.879. The maximum absolute atomic E-state index is 13.2. The maximum atomic E-state index is 13.2. The van der Waals surface area contributed by atoms with Gasteiger partial charge in [-0.15, -0.1) is 0 Å². The second-order valence-corrected chi connectivity index (χ2v) is 9.95. The molecular formula is C21H26OS. The first-order valence-corrected chi connectivity index (χ1v) is 9.41. The fourth-order valence-electron chi connectivity index (χ4n) is 3.18. The predicted octanol–water partition coefficient (Wildman–Crippen LogP) is 5.35. The summed E-state index contributed by atoms with van der Waals surface area (Å²) in [6, 6.07) is 12.7. The first-order valence-electron chi connectivity index (χ1n) is 8.26. The normalized spacial score (nSPS) is 17.6. The summed E-state index contributed by atoms with van der Waals surface area (Å²) < 4.78 is 13.2. The molecule has 0 radical (unpaired) electrons. The smallest absolute Gasteiger partial charge is 0.0858 e. The first-order chi connectivity index (χ1) is 10.6. The van der Waals surface area contributed by atoms with Crippen molar-refractivity contribution >= 4 is 10.8 Å². The molecule has 2 heteroatoms. The van der Waals surface area contributed by atoms with Gasteiger partial charge in [-0.05, 0) is 45.6 Å². The average Bonchev–Trinajstić information content (AvgIpc) is 2.44. The molecule has 0 spiro atoms. The van der Waals surface area contributed by atoms with Gasteiger partial charge >= 0.3 is 0 Å². The number of benzene rings is 2. The SMILES string of the molecule is CC(C)(C)c1cc2c(c(C(C)(C)C)c1)S(=O)c1ccccc1C2. The summed E-state index contributed by atoms with van der Waals surface area (Å²) in [5, 5.41) is 0. The topological polar surface area (TPSA) is 17.1 Å². The minimum Gasteiger partial charge on any atom is -0.249 e. The van der Waals surface area contributed by atoms with Crippen molar-refractivity contribution in [2.75, 3.05) is 0 Å². The van der Waals surface area contributed by atoms with Crippen LogP contribution in [0.1, 0.15) is 63.8 Å². The minimum atomic E-state index is -1.08. The van der Waals surface area contributed by atoms with Gasteiger partial charge in [0.1, 0.15) is 0 Å². The Bertz CT molecular complexity index is 788. The lowest BCUT2D eigenvalue weighted by Crippen LogP contribution is -2.22. The molecule has 23 heavy (non-hydrogen) atoms. The van der Waals surface area contributed by atoms with E-state index in [1.807, 2.05) is 18.2 Å². The molecule has 2 aromatic carbocycles. The maximum Gasteiger partial charge on any atom is 0.0858 e. The van der Waals surface area contributed by atoms with E-state index in [4.69, 9.17) is 0 Å². The van der Waals surface area contributed by atoms with Gasteiger partial charge < -0.3 is 0 Å². The predicted molar refractivity (Wildman–Crippen MR) is 97.8 cm³/mol. The quantitative estimate of drug-likeness (QED) is 0.544. The highest BCUT2D eigenvalue weighted by Crippen LogP contribution is 2.41. The van der Waals surface area contributed by atoms with Crippen LogP contribution < -0.4 is 0 Å². The van der Waals surface area contributed by atoms with Crippen LogP contribution in [0.25, 0.3) is 0 Å². The van der Waals surface area contributed by atoms with Crippen LogP contribution in [0, 0.1) is 0 Å². The Kier molecular flexibility index (Phi) is 3.79. The number of rotatable bonds is 0. The third kappa shape index (κ3) is 2.89. The standard InChI is InChI=1S/C21H26OS/c1-20(2,3)16-12-15-11-14-9-7-8-10-18(14)23(22)19(15)17(13-16)21(4,5)6/h7-10,12-13H,11H2,1-6H3. The lowest BCUT2D eigenvalue weighted by atomic mass is 9.79. The Hall–Kier alpha value is -1.41. The summed E-state index contributed by atoms with van der Waals surface area (Å²) in [7, 11) is -1.08. The van der Waals surface area contributed by atoms with Gasteiger partial charge in [0.15, 0.2) is 0 Å². The summed E-state index contributed by atoms with van der Waals surface area (Å²) in [4.78, 5) is 2.03. The van der Waals surface area contributed by atoms with E-state index in [-0.39, 0.29) is 10.8 Å². The third-order valence-electron chi connectivity index (χ3n) is 4.58. The fraction of sp³-hybridized carbons (Fsp3) is 0.429. The lowest BCUT2D eigenvalue weighted by molar-refractivity contribution is 0.554. The van der Waals surface area contributed by atoms with E-state index in [1.165, 1.54) is 22.3 Å². The van der Waals surface area contributed by atoms with Crippen molar-refractivity contribution in [2.24, 2.45) is 0 Å². The van der Waals surface area contributed by atoms with Crippen LogP contribution in [0.15, 0.2) is 46.2 Å². The van der Waals surface area contributed by atoms with Gasteiger partial charge in [-0.2, -0.15) is 0 Å². The monoisotopic (exact) mass is 326 g/mol. The van der Waals surface area contributed by atoms with Gasteiger partial charge in [-0.25, -0.2) is 4.21 Å². The van der Waals surface area contributed by atoms with Gasteiger partial charge in [-0.1, -0.05) is 71.9 Å². The molecule has 0 aromatic heterocycles. The van der Waals surface area contributed by atoms with Crippen LogP contribution in [-0.2, 0) is 28.1 Å². The third-order valence-corrected chi connectivity index (χ3v) is 6.23. The molecule has 3 rings (SSSR count). The Morgan fingerprint density at radius 1 is 0.870 bits per heavy atom. The number of hydrogen-bond donors (Lipinski definition) is 0. The molecule has 0 saturated heterocycles. The van der Waals surface area contributed by atoms with E-state index in [1.54, 1.807) is 0 Å². The largest absolute Gasteiger partial charge is 0.249 e. The van der Waals surface area contributed by atoms with E-state index < -0.39 is 10.8 Å². The van der Waals surface area contributed by atoms with E-state index in [0.717, 1.165) is 16.2 Å². The zero-order valence-corrected chi connectivity index (χ0v) is 15.8. The summed E-state index contributed by atoms with van der Waals surface area (Å²) in [5.74, 6) is 0. The second kappa shape index (κ2) is 5.31. The highest BCUT2D eigenvalue weighted by molar-refractivity contribution is 7.85. The number of hydrogen-bond acceptors (Lipinski definition) is 1. The summed E-state index contributed by atoms with van der Waals surface area (Å²) >= 11 is 0. The minimum absolute atomic E-state index is 0.0205. The Morgan fingerprint density at radius 3 is 2.13 bits per heavy atom. The molecule has 2 aromatic rings. The van der Waals surface area contributed by atoms with Gasteiger partial charge in [0, 0.05) is 4.90 Å². The Balaban J connectivity index is 2.30. The van der Waals surface area contributed by atoms with Gasteiger partial charge in [0.25, 0.3) is 0 Å². The molecule has 0 saturated carbocycles. The van der Waals surface area contributed by atoms with Crippen LogP contribution >= 0.6 is 0 Å². The molecule has 0 amide bonds. The molecule has 122 valence electrons. The molecule has 1 unspecified atom stereocenters. The van der Waals surface area contributed by atoms with Crippen LogP contribution in [0.2, 0.25) is 0 Å². The zero-order chi connectivity index (χ0) is 17.0. The molecule has 1 aliphatic rings. The van der Waals surface area contributed by atoms with Crippen molar-refractivity contribution in [3.05, 3.63) is 58.7 Å². The fourth-order valence-corrected chi connectivity index (χ4v) is 4.91. The molecule has 1 aliphatic heterocycles. The van der Waals surface area contributed by atoms with E-state index in [9.17, 15) is 4.21 Å². The van der Waals surface area contributed by atoms with Crippen molar-refractivity contribution in [1.82, 2.24) is 0 Å². The highest BCUT2D eigenvalue weighted by Gasteiger charge is 2.31. The molecule has 0 bridgehead atoms. The van der Waals surface area contributed by atoms with Crippen LogP contribution in [0.4, 0.5) is 0 Å². The number of fused-ring (bicyclic) bond motifs is 2. The summed E-state index contributed by atoms with van der Waals surface area (Å²) in [5.41, 5.74) is 5.06. The van der Waals surface area contributed by atoms with E-state index in [0.29, 0.717) is 0 Å². The van der Waals surface area contributed by atoms with Crippen molar-refractivity contribution in [3.8, 4) is 0 Å². The van der Waals surface area contributed by atoms with E-state index in [2.05, 4.69) is 59.7 Å². The van der Waals surface area contributed by atoms with Crippen molar-refractivity contribution in [2.45, 2.75) is 68.6 Å². The van der Waals surface area contributed by atoms with Crippen molar-refractivity contribution in [1.29, 1.82) is 0 Å². The zero-order valence-electron chi connectivity index (χ0n) is 15.0. The highest BCUT2D eigenvalue weighted by atomic mass is 32.2. The molecule has 0 aliphatic carbocycles. The molecule has 1 atom stereocenters. The first kappa shape index (κ1) is 16.4. The van der Waals surface area contributed by atoms with Crippen LogP contribution in [0.5, 0.6) is 0 Å². The van der Waals surface area contributed by atoms with Crippen molar-refractivity contribution < 1.29 is 4.21 Å². The van der Waals surface area contributed by atoms with Crippen LogP contribution in [0.3, 0.4) is 0 Å². The molecular weight excluding hydrogens is 300 g/mol. The molecule has 0 N–H and O–H groups in total. The van der Waals surface area contributed by atoms with E-state index >= 15 is 0 Å². The van der Waals surface area contributed by atoms with Gasteiger partial charge in [-0.3, -0.25) is 0 Å². The Morgan fingerprint density at radius 2 is 1.52 bits per heavy atom. The Labute approximate surface area is 142 Å². The molecule has 1 heterocycles. The van der Waals surface area contributed by atoms with Crippen LogP contribution in [-0.4, -0.2) is 4.21 Å². The van der Waals surface area contributed by atoms with Gasteiger partial charge in [0.05, 0.1) is 15.7 Å².